The first kappa shape index (κ1) is 11.7. The first-order valence-corrected chi connectivity index (χ1v) is 5.95. The van der Waals surface area contributed by atoms with Gasteiger partial charge in [-0.3, -0.25) is 9.98 Å². The van der Waals surface area contributed by atoms with E-state index in [1.165, 1.54) is 5.69 Å². The largest absolute Gasteiger partial charge is 0.387 e. The lowest BCUT2D eigenvalue weighted by Gasteiger charge is -2.11. The van der Waals surface area contributed by atoms with Crippen molar-refractivity contribution in [3.05, 3.63) is 24.0 Å². The fraction of sp³-hybridized carbons (Fsp3) is 0.500. The summed E-state index contributed by atoms with van der Waals surface area (Å²) in [6.45, 7) is 3.58. The number of amidine groups is 2. The average Bonchev–Trinajstić information content (AvgIpc) is 2.73. The van der Waals surface area contributed by atoms with Crippen molar-refractivity contribution >= 4 is 11.7 Å². The van der Waals surface area contributed by atoms with Crippen LogP contribution in [0.25, 0.3) is 0 Å². The Balaban J connectivity index is 1.89. The van der Waals surface area contributed by atoms with Crippen molar-refractivity contribution in [1.82, 2.24) is 10.3 Å². The maximum atomic E-state index is 5.78. The fourth-order valence-electron chi connectivity index (χ4n) is 1.80. The molecule has 0 saturated heterocycles. The number of nitrogens with two attached hydrogens (primary N) is 1. The quantitative estimate of drug-likeness (QED) is 0.718. The van der Waals surface area contributed by atoms with E-state index in [9.17, 15) is 0 Å². The van der Waals surface area contributed by atoms with Crippen molar-refractivity contribution in [1.29, 1.82) is 0 Å². The second-order valence-electron chi connectivity index (χ2n) is 4.33. The maximum Gasteiger partial charge on any atom is 0.104 e. The third-order valence-corrected chi connectivity index (χ3v) is 2.68. The van der Waals surface area contributed by atoms with E-state index in [0.717, 1.165) is 25.3 Å². The van der Waals surface area contributed by atoms with E-state index in [-0.39, 0.29) is 0 Å². The average molecular weight is 233 g/mol. The van der Waals surface area contributed by atoms with E-state index in [1.54, 1.807) is 0 Å². The third-order valence-electron chi connectivity index (χ3n) is 2.68. The van der Waals surface area contributed by atoms with Gasteiger partial charge in [0, 0.05) is 30.9 Å². The Morgan fingerprint density at radius 1 is 1.59 bits per heavy atom. The van der Waals surface area contributed by atoms with Gasteiger partial charge in [-0.15, -0.1) is 0 Å². The van der Waals surface area contributed by atoms with Gasteiger partial charge < -0.3 is 16.0 Å². The monoisotopic (exact) mass is 233 g/mol. The summed E-state index contributed by atoms with van der Waals surface area (Å²) in [6.07, 6.45) is 3.48. The summed E-state index contributed by atoms with van der Waals surface area (Å²) >= 11 is 0. The standard InChI is InChI=1S/C12H19N5/c1-9-8-16-11(13)7-12(17-9)15-6-4-10-3-2-5-14-10/h2-3,5,9,14H,4,6-8H2,1H3,(H2,13,16)(H,15,17). The molecule has 1 aromatic heterocycles. The van der Waals surface area contributed by atoms with Crippen LogP contribution in [0, 0.1) is 0 Å². The van der Waals surface area contributed by atoms with Crippen molar-refractivity contribution in [2.75, 3.05) is 13.1 Å². The zero-order valence-electron chi connectivity index (χ0n) is 10.1. The van der Waals surface area contributed by atoms with Gasteiger partial charge in [0.2, 0.25) is 0 Å². The molecule has 1 aliphatic rings. The molecule has 0 saturated carbocycles. The Morgan fingerprint density at radius 2 is 2.47 bits per heavy atom. The molecule has 2 heterocycles. The summed E-state index contributed by atoms with van der Waals surface area (Å²) in [5, 5.41) is 3.33. The molecule has 0 bridgehead atoms. The van der Waals surface area contributed by atoms with Crippen LogP contribution in [0.5, 0.6) is 0 Å². The number of nitrogens with one attached hydrogen (secondary N) is 2. The number of hydrogen-bond acceptors (Lipinski definition) is 3. The van der Waals surface area contributed by atoms with Gasteiger partial charge >= 0.3 is 0 Å². The molecule has 0 radical (unpaired) electrons. The van der Waals surface area contributed by atoms with Crippen LogP contribution in [-0.2, 0) is 6.42 Å². The maximum absolute atomic E-state index is 5.78. The molecule has 0 fully saturated rings. The van der Waals surface area contributed by atoms with Crippen LogP contribution in [0.4, 0.5) is 0 Å². The van der Waals surface area contributed by atoms with Crippen LogP contribution in [0.3, 0.4) is 0 Å². The van der Waals surface area contributed by atoms with Crippen LogP contribution < -0.4 is 11.1 Å². The lowest BCUT2D eigenvalue weighted by Crippen LogP contribution is -2.34. The Kier molecular flexibility index (Phi) is 3.80. The number of aromatic amines is 1. The fourth-order valence-corrected chi connectivity index (χ4v) is 1.80. The molecular formula is C12H19N5. The summed E-state index contributed by atoms with van der Waals surface area (Å²) in [6, 6.07) is 4.37. The first-order valence-electron chi connectivity index (χ1n) is 5.95. The molecule has 1 unspecified atom stereocenters. The minimum atomic E-state index is 0.306. The molecule has 0 amide bonds. The molecule has 1 aliphatic heterocycles. The Bertz CT molecular complexity index is 405. The lowest BCUT2D eigenvalue weighted by atomic mass is 10.3. The summed E-state index contributed by atoms with van der Waals surface area (Å²) < 4.78 is 0. The highest BCUT2D eigenvalue weighted by Crippen LogP contribution is 1.99. The highest BCUT2D eigenvalue weighted by Gasteiger charge is 2.11. The zero-order valence-corrected chi connectivity index (χ0v) is 10.1. The highest BCUT2D eigenvalue weighted by atomic mass is 15.1. The second-order valence-corrected chi connectivity index (χ2v) is 4.33. The molecule has 1 aromatic rings. The molecule has 0 spiro atoms. The van der Waals surface area contributed by atoms with E-state index in [0.29, 0.717) is 18.3 Å². The molecule has 5 heteroatoms. The first-order chi connectivity index (χ1) is 8.24. The number of nitrogens with zero attached hydrogens (tertiary/aromatic N) is 2. The molecule has 2 rings (SSSR count). The van der Waals surface area contributed by atoms with Gasteiger partial charge in [-0.1, -0.05) is 0 Å². The van der Waals surface area contributed by atoms with Gasteiger partial charge in [0.25, 0.3) is 0 Å². The highest BCUT2D eigenvalue weighted by molar-refractivity contribution is 6.02. The number of H-pyrrole nitrogens is 1. The smallest absolute Gasteiger partial charge is 0.104 e. The van der Waals surface area contributed by atoms with E-state index in [4.69, 9.17) is 5.73 Å². The van der Waals surface area contributed by atoms with Crippen molar-refractivity contribution in [3.63, 3.8) is 0 Å². The van der Waals surface area contributed by atoms with Gasteiger partial charge in [0.1, 0.15) is 11.7 Å². The second kappa shape index (κ2) is 5.52. The Labute approximate surface area is 101 Å². The van der Waals surface area contributed by atoms with E-state index in [1.807, 2.05) is 12.3 Å². The molecular weight excluding hydrogens is 214 g/mol. The summed E-state index contributed by atoms with van der Waals surface area (Å²) in [4.78, 5) is 12.0. The molecule has 4 N–H and O–H groups in total. The minimum absolute atomic E-state index is 0.306. The molecule has 5 nitrogen and oxygen atoms in total. The Morgan fingerprint density at radius 3 is 3.24 bits per heavy atom. The van der Waals surface area contributed by atoms with E-state index < -0.39 is 0 Å². The summed E-state index contributed by atoms with van der Waals surface area (Å²) in [5.41, 5.74) is 6.98. The predicted octanol–water partition coefficient (Wildman–Crippen LogP) is 0.695. The number of rotatable bonds is 3. The molecule has 0 aromatic carbocycles. The predicted molar refractivity (Wildman–Crippen MR) is 70.5 cm³/mol. The Hall–Kier alpha value is -1.78. The number of hydrogen-bond donors (Lipinski definition) is 3. The molecule has 92 valence electrons. The van der Waals surface area contributed by atoms with Gasteiger partial charge in [-0.05, 0) is 19.1 Å². The SMILES string of the molecule is CC1CN=C(N)CC(=NCCc2ccc[nH]2)N1. The van der Waals surface area contributed by atoms with Crippen LogP contribution in [0.15, 0.2) is 28.3 Å². The van der Waals surface area contributed by atoms with Crippen LogP contribution >= 0.6 is 0 Å². The normalized spacial score (nSPS) is 23.0. The van der Waals surface area contributed by atoms with Crippen LogP contribution in [-0.4, -0.2) is 35.8 Å². The topological polar surface area (TPSA) is 78.6 Å². The minimum Gasteiger partial charge on any atom is -0.387 e. The van der Waals surface area contributed by atoms with Crippen LogP contribution in [0.1, 0.15) is 19.0 Å². The molecule has 0 aliphatic carbocycles. The van der Waals surface area contributed by atoms with Gasteiger partial charge in [-0.25, -0.2) is 0 Å². The summed E-state index contributed by atoms with van der Waals surface area (Å²) in [7, 11) is 0. The van der Waals surface area contributed by atoms with E-state index in [2.05, 4.69) is 33.3 Å². The van der Waals surface area contributed by atoms with Crippen molar-refractivity contribution in [3.8, 4) is 0 Å². The summed E-state index contributed by atoms with van der Waals surface area (Å²) in [5.74, 6) is 1.61. The lowest BCUT2D eigenvalue weighted by molar-refractivity contribution is 0.677. The van der Waals surface area contributed by atoms with Gasteiger partial charge in [0.05, 0.1) is 13.0 Å². The van der Waals surface area contributed by atoms with Crippen molar-refractivity contribution in [2.45, 2.75) is 25.8 Å². The van der Waals surface area contributed by atoms with Crippen molar-refractivity contribution < 1.29 is 0 Å². The van der Waals surface area contributed by atoms with E-state index >= 15 is 0 Å². The zero-order chi connectivity index (χ0) is 12.1. The number of aromatic nitrogens is 1. The van der Waals surface area contributed by atoms with Gasteiger partial charge in [-0.2, -0.15) is 0 Å². The van der Waals surface area contributed by atoms with Gasteiger partial charge in [0.15, 0.2) is 0 Å². The van der Waals surface area contributed by atoms with Crippen LogP contribution in [0.2, 0.25) is 0 Å². The number of aliphatic imine (C=N–C) groups is 2. The third kappa shape index (κ3) is 3.62. The molecule has 17 heavy (non-hydrogen) atoms. The molecule has 1 atom stereocenters. The van der Waals surface area contributed by atoms with Crippen molar-refractivity contribution in [2.24, 2.45) is 15.7 Å².